The zero-order valence-electron chi connectivity index (χ0n) is 24.9. The summed E-state index contributed by atoms with van der Waals surface area (Å²) in [6.45, 7) is 3.46. The number of amides is 3. The van der Waals surface area contributed by atoms with Gasteiger partial charge in [-0.15, -0.1) is 0 Å². The molecule has 3 amide bonds. The molecular weight excluding hydrogens is 550 g/mol. The fourth-order valence-electron chi connectivity index (χ4n) is 5.97. The molecule has 1 saturated carbocycles. The number of anilines is 1. The van der Waals surface area contributed by atoms with E-state index in [1.807, 2.05) is 66.2 Å². The Morgan fingerprint density at radius 3 is 2.57 bits per heavy atom. The van der Waals surface area contributed by atoms with Gasteiger partial charge in [0.2, 0.25) is 5.91 Å². The van der Waals surface area contributed by atoms with Crippen molar-refractivity contribution < 1.29 is 9.59 Å². The molecule has 2 N–H and O–H groups in total. The maximum atomic E-state index is 13.8. The fourth-order valence-corrected chi connectivity index (χ4v) is 5.97. The van der Waals surface area contributed by atoms with E-state index in [0.29, 0.717) is 37.7 Å². The Labute approximate surface area is 257 Å². The van der Waals surface area contributed by atoms with E-state index >= 15 is 0 Å². The summed E-state index contributed by atoms with van der Waals surface area (Å²) in [6, 6.07) is 27.6. The van der Waals surface area contributed by atoms with Crippen molar-refractivity contribution in [1.82, 2.24) is 30.0 Å². The number of nitrogens with one attached hydrogen (secondary N) is 2. The highest BCUT2D eigenvalue weighted by Gasteiger charge is 2.27. The normalized spacial score (nSPS) is 13.2. The van der Waals surface area contributed by atoms with Crippen molar-refractivity contribution in [3.05, 3.63) is 108 Å². The summed E-state index contributed by atoms with van der Waals surface area (Å²) in [5.74, 6) is 1.88. The number of aryl methyl sites for hydroxylation is 1. The van der Waals surface area contributed by atoms with Crippen LogP contribution in [0.2, 0.25) is 0 Å². The van der Waals surface area contributed by atoms with Gasteiger partial charge in [0.1, 0.15) is 11.6 Å². The number of aromatic nitrogens is 4. The summed E-state index contributed by atoms with van der Waals surface area (Å²) >= 11 is 0. The van der Waals surface area contributed by atoms with Crippen molar-refractivity contribution in [2.45, 2.75) is 58.2 Å². The molecule has 3 aromatic carbocycles. The molecule has 0 unspecified atom stereocenters. The molecular formula is C35H37N7O2. The summed E-state index contributed by atoms with van der Waals surface area (Å²) in [5, 5.41) is 12.7. The van der Waals surface area contributed by atoms with E-state index in [4.69, 9.17) is 10.1 Å². The lowest BCUT2D eigenvalue weighted by Crippen LogP contribution is -2.42. The molecule has 5 aromatic rings. The van der Waals surface area contributed by atoms with Crippen LogP contribution in [0.1, 0.15) is 42.6 Å². The van der Waals surface area contributed by atoms with Gasteiger partial charge in [-0.1, -0.05) is 85.6 Å². The lowest BCUT2D eigenvalue weighted by molar-refractivity contribution is -0.132. The molecule has 2 heterocycles. The van der Waals surface area contributed by atoms with Crippen molar-refractivity contribution in [3.8, 4) is 11.4 Å². The first-order chi connectivity index (χ1) is 21.5. The van der Waals surface area contributed by atoms with Crippen LogP contribution in [-0.4, -0.2) is 49.2 Å². The van der Waals surface area contributed by atoms with E-state index in [2.05, 4.69) is 44.8 Å². The molecule has 0 bridgehead atoms. The van der Waals surface area contributed by atoms with E-state index in [0.717, 1.165) is 59.0 Å². The van der Waals surface area contributed by atoms with E-state index in [-0.39, 0.29) is 18.0 Å². The molecule has 0 spiro atoms. The average molecular weight is 588 g/mol. The Kier molecular flexibility index (Phi) is 8.91. The third-order valence-corrected chi connectivity index (χ3v) is 8.27. The minimum Gasteiger partial charge on any atom is -0.338 e. The zero-order chi connectivity index (χ0) is 30.3. The molecule has 6 rings (SSSR count). The number of hydrogen-bond acceptors (Lipinski definition) is 5. The minimum atomic E-state index is -0.339. The third-order valence-electron chi connectivity index (χ3n) is 8.27. The lowest BCUT2D eigenvalue weighted by Gasteiger charge is -2.29. The molecule has 2 aromatic heterocycles. The molecule has 0 radical (unpaired) electrons. The molecule has 0 atom stereocenters. The first-order valence-electron chi connectivity index (χ1n) is 15.3. The summed E-state index contributed by atoms with van der Waals surface area (Å²) in [5.41, 5.74) is 2.82. The molecule has 44 heavy (non-hydrogen) atoms. The van der Waals surface area contributed by atoms with E-state index < -0.39 is 0 Å². The van der Waals surface area contributed by atoms with Crippen molar-refractivity contribution in [2.75, 3.05) is 11.9 Å². The molecule has 0 saturated heterocycles. The van der Waals surface area contributed by atoms with Crippen LogP contribution in [0.25, 0.3) is 22.2 Å². The highest BCUT2D eigenvalue weighted by molar-refractivity contribution is 5.90. The largest absolute Gasteiger partial charge is 0.338 e. The Balaban J connectivity index is 1.12. The van der Waals surface area contributed by atoms with Crippen molar-refractivity contribution in [3.63, 3.8) is 0 Å². The SMILES string of the molecule is Cc1nc(-c2ccnc(NC(=O)NCc3ccccc3)c2)nn1CCN(C(=O)Cc1cccc2ccccc12)C1CCCC1. The predicted molar refractivity (Wildman–Crippen MR) is 172 cm³/mol. The lowest BCUT2D eigenvalue weighted by atomic mass is 10.0. The van der Waals surface area contributed by atoms with Crippen LogP contribution in [0.3, 0.4) is 0 Å². The number of carbonyl (C=O) groups is 2. The predicted octanol–water partition coefficient (Wildman–Crippen LogP) is 6.14. The number of pyridine rings is 1. The van der Waals surface area contributed by atoms with Gasteiger partial charge in [0.15, 0.2) is 5.82 Å². The molecule has 1 aliphatic carbocycles. The Hall–Kier alpha value is -5.05. The van der Waals surface area contributed by atoms with Crippen LogP contribution < -0.4 is 10.6 Å². The number of benzene rings is 3. The van der Waals surface area contributed by atoms with Gasteiger partial charge in [-0.25, -0.2) is 19.4 Å². The molecule has 0 aliphatic heterocycles. The second-order valence-electron chi connectivity index (χ2n) is 11.3. The fraction of sp³-hybridized carbons (Fsp3) is 0.286. The molecule has 224 valence electrons. The second kappa shape index (κ2) is 13.5. The highest BCUT2D eigenvalue weighted by Crippen LogP contribution is 2.26. The summed E-state index contributed by atoms with van der Waals surface area (Å²) < 4.78 is 1.86. The van der Waals surface area contributed by atoms with Crippen LogP contribution in [-0.2, 0) is 24.3 Å². The molecule has 9 heteroatoms. The molecule has 1 fully saturated rings. The number of fused-ring (bicyclic) bond motifs is 1. The van der Waals surface area contributed by atoms with E-state index in [1.54, 1.807) is 12.3 Å². The summed E-state index contributed by atoms with van der Waals surface area (Å²) in [7, 11) is 0. The third kappa shape index (κ3) is 6.94. The van der Waals surface area contributed by atoms with E-state index in [9.17, 15) is 9.59 Å². The van der Waals surface area contributed by atoms with Crippen molar-refractivity contribution >= 4 is 28.5 Å². The maximum absolute atomic E-state index is 13.8. The number of nitrogens with zero attached hydrogens (tertiary/aromatic N) is 5. The summed E-state index contributed by atoms with van der Waals surface area (Å²) in [6.07, 6.45) is 6.39. The second-order valence-corrected chi connectivity index (χ2v) is 11.3. The first kappa shape index (κ1) is 29.0. The molecule has 1 aliphatic rings. The number of urea groups is 1. The average Bonchev–Trinajstić information content (AvgIpc) is 3.71. The van der Waals surface area contributed by atoms with Crippen LogP contribution in [0.4, 0.5) is 10.6 Å². The standard InChI is InChI=1S/C35H37N7O2/c1-25-38-34(29-18-19-36-32(22-29)39-35(44)37-24-26-10-3-2-4-11-26)40-42(25)21-20-41(30-15-6-7-16-30)33(43)23-28-14-9-13-27-12-5-8-17-31(27)28/h2-5,8-14,17-19,22,30H,6-7,15-16,20-21,23-24H2,1H3,(H2,36,37,39,44). The van der Waals surface area contributed by atoms with Gasteiger partial charge in [-0.3, -0.25) is 10.1 Å². The number of rotatable bonds is 10. The maximum Gasteiger partial charge on any atom is 0.320 e. The smallest absolute Gasteiger partial charge is 0.320 e. The minimum absolute atomic E-state index is 0.154. The van der Waals surface area contributed by atoms with Gasteiger partial charge in [-0.05, 0) is 53.8 Å². The van der Waals surface area contributed by atoms with Crippen LogP contribution in [0.5, 0.6) is 0 Å². The first-order valence-corrected chi connectivity index (χ1v) is 15.3. The number of hydrogen-bond donors (Lipinski definition) is 2. The van der Waals surface area contributed by atoms with Crippen LogP contribution in [0, 0.1) is 6.92 Å². The zero-order valence-corrected chi connectivity index (χ0v) is 24.9. The number of carbonyl (C=O) groups excluding carboxylic acids is 2. The van der Waals surface area contributed by atoms with Crippen molar-refractivity contribution in [1.29, 1.82) is 0 Å². The topological polar surface area (TPSA) is 105 Å². The van der Waals surface area contributed by atoms with E-state index in [1.165, 1.54) is 0 Å². The monoisotopic (exact) mass is 587 g/mol. The summed E-state index contributed by atoms with van der Waals surface area (Å²) in [4.78, 5) is 37.3. The Bertz CT molecular complexity index is 1740. The quantitative estimate of drug-likeness (QED) is 0.204. The van der Waals surface area contributed by atoms with Gasteiger partial charge in [0, 0.05) is 30.9 Å². The van der Waals surface area contributed by atoms with Gasteiger partial charge in [-0.2, -0.15) is 5.10 Å². The van der Waals surface area contributed by atoms with Gasteiger partial charge >= 0.3 is 6.03 Å². The van der Waals surface area contributed by atoms with Crippen molar-refractivity contribution in [2.24, 2.45) is 0 Å². The molecule has 9 nitrogen and oxygen atoms in total. The Morgan fingerprint density at radius 2 is 1.73 bits per heavy atom. The van der Waals surface area contributed by atoms with Gasteiger partial charge < -0.3 is 10.2 Å². The van der Waals surface area contributed by atoms with Crippen LogP contribution in [0.15, 0.2) is 91.1 Å². The van der Waals surface area contributed by atoms with Crippen LogP contribution >= 0.6 is 0 Å². The van der Waals surface area contributed by atoms with Gasteiger partial charge in [0.05, 0.1) is 13.0 Å². The van der Waals surface area contributed by atoms with Gasteiger partial charge in [0.25, 0.3) is 0 Å². The Morgan fingerprint density at radius 1 is 0.955 bits per heavy atom. The highest BCUT2D eigenvalue weighted by atomic mass is 16.2.